The zero-order chi connectivity index (χ0) is 12.3. The van der Waals surface area contributed by atoms with Crippen LogP contribution in [0.5, 0.6) is 0 Å². The Hall–Kier alpha value is -1.90. The molecular formula is C14H16N2O. The SMILES string of the molecule is CCCc1nc(C)c(-c2ccccc2)c(=O)[nH]1. The topological polar surface area (TPSA) is 45.8 Å². The maximum atomic E-state index is 12.0. The summed E-state index contributed by atoms with van der Waals surface area (Å²) >= 11 is 0. The van der Waals surface area contributed by atoms with Gasteiger partial charge in [-0.1, -0.05) is 37.3 Å². The van der Waals surface area contributed by atoms with Crippen molar-refractivity contribution in [2.24, 2.45) is 0 Å². The highest BCUT2D eigenvalue weighted by Gasteiger charge is 2.09. The van der Waals surface area contributed by atoms with Crippen molar-refractivity contribution in [2.45, 2.75) is 26.7 Å². The van der Waals surface area contributed by atoms with Gasteiger partial charge >= 0.3 is 0 Å². The van der Waals surface area contributed by atoms with Crippen molar-refractivity contribution < 1.29 is 0 Å². The molecule has 2 aromatic rings. The summed E-state index contributed by atoms with van der Waals surface area (Å²) in [5.41, 5.74) is 2.34. The molecule has 1 heterocycles. The standard InChI is InChI=1S/C14H16N2O/c1-3-7-12-15-10(2)13(14(17)16-12)11-8-5-4-6-9-11/h4-6,8-9H,3,7H2,1-2H3,(H,15,16,17). The zero-order valence-corrected chi connectivity index (χ0v) is 10.2. The van der Waals surface area contributed by atoms with Gasteiger partial charge in [0.25, 0.3) is 5.56 Å². The van der Waals surface area contributed by atoms with Crippen molar-refractivity contribution in [3.63, 3.8) is 0 Å². The van der Waals surface area contributed by atoms with Crippen molar-refractivity contribution in [1.82, 2.24) is 9.97 Å². The van der Waals surface area contributed by atoms with Gasteiger partial charge in [-0.15, -0.1) is 0 Å². The van der Waals surface area contributed by atoms with Crippen LogP contribution < -0.4 is 5.56 Å². The Labute approximate surface area is 101 Å². The molecule has 0 unspecified atom stereocenters. The molecule has 0 saturated heterocycles. The van der Waals surface area contributed by atoms with E-state index in [9.17, 15) is 4.79 Å². The molecule has 1 aromatic carbocycles. The first-order chi connectivity index (χ1) is 8.22. The summed E-state index contributed by atoms with van der Waals surface area (Å²) in [5.74, 6) is 0.773. The molecule has 3 nitrogen and oxygen atoms in total. The van der Waals surface area contributed by atoms with E-state index in [-0.39, 0.29) is 5.56 Å². The molecule has 88 valence electrons. The molecule has 0 spiro atoms. The van der Waals surface area contributed by atoms with E-state index in [1.807, 2.05) is 37.3 Å². The number of aryl methyl sites for hydroxylation is 2. The van der Waals surface area contributed by atoms with Gasteiger partial charge in [-0.3, -0.25) is 4.79 Å². The molecule has 17 heavy (non-hydrogen) atoms. The number of aromatic amines is 1. The van der Waals surface area contributed by atoms with E-state index in [0.29, 0.717) is 5.56 Å². The van der Waals surface area contributed by atoms with Crippen molar-refractivity contribution in [3.8, 4) is 11.1 Å². The highest BCUT2D eigenvalue weighted by molar-refractivity contribution is 5.64. The van der Waals surface area contributed by atoms with Crippen LogP contribution in [-0.2, 0) is 6.42 Å². The van der Waals surface area contributed by atoms with E-state index in [1.165, 1.54) is 0 Å². The lowest BCUT2D eigenvalue weighted by atomic mass is 10.1. The lowest BCUT2D eigenvalue weighted by Gasteiger charge is -2.06. The van der Waals surface area contributed by atoms with Crippen molar-refractivity contribution in [3.05, 3.63) is 52.2 Å². The molecule has 0 atom stereocenters. The second-order valence-corrected chi connectivity index (χ2v) is 4.09. The van der Waals surface area contributed by atoms with Crippen LogP contribution in [0.1, 0.15) is 24.9 Å². The molecule has 0 aliphatic rings. The molecule has 0 aliphatic carbocycles. The van der Waals surface area contributed by atoms with E-state index < -0.39 is 0 Å². The largest absolute Gasteiger partial charge is 0.310 e. The van der Waals surface area contributed by atoms with Crippen LogP contribution in [0.2, 0.25) is 0 Å². The number of benzene rings is 1. The van der Waals surface area contributed by atoms with Gasteiger partial charge in [-0.25, -0.2) is 4.98 Å². The molecular weight excluding hydrogens is 212 g/mol. The lowest BCUT2D eigenvalue weighted by Crippen LogP contribution is -2.16. The number of aromatic nitrogens is 2. The van der Waals surface area contributed by atoms with Crippen LogP contribution in [0.25, 0.3) is 11.1 Å². The Bertz CT molecular complexity index is 558. The summed E-state index contributed by atoms with van der Waals surface area (Å²) in [7, 11) is 0. The van der Waals surface area contributed by atoms with E-state index in [0.717, 1.165) is 29.9 Å². The minimum atomic E-state index is -0.0489. The molecule has 1 aromatic heterocycles. The van der Waals surface area contributed by atoms with Crippen LogP contribution >= 0.6 is 0 Å². The van der Waals surface area contributed by atoms with E-state index in [4.69, 9.17) is 0 Å². The maximum Gasteiger partial charge on any atom is 0.259 e. The molecule has 0 aliphatic heterocycles. The van der Waals surface area contributed by atoms with Crippen molar-refractivity contribution >= 4 is 0 Å². The third-order valence-corrected chi connectivity index (χ3v) is 2.70. The van der Waals surface area contributed by atoms with Gasteiger partial charge in [-0.05, 0) is 18.9 Å². The van der Waals surface area contributed by atoms with Gasteiger partial charge < -0.3 is 4.98 Å². The average Bonchev–Trinajstić information content (AvgIpc) is 2.30. The predicted molar refractivity (Wildman–Crippen MR) is 69.0 cm³/mol. The van der Waals surface area contributed by atoms with Gasteiger partial charge in [0, 0.05) is 6.42 Å². The highest BCUT2D eigenvalue weighted by atomic mass is 16.1. The lowest BCUT2D eigenvalue weighted by molar-refractivity contribution is 0.817. The first-order valence-electron chi connectivity index (χ1n) is 5.87. The number of H-pyrrole nitrogens is 1. The zero-order valence-electron chi connectivity index (χ0n) is 10.2. The van der Waals surface area contributed by atoms with Crippen LogP contribution in [0.4, 0.5) is 0 Å². The molecule has 0 fully saturated rings. The van der Waals surface area contributed by atoms with Crippen LogP contribution in [-0.4, -0.2) is 9.97 Å². The second kappa shape index (κ2) is 4.95. The smallest absolute Gasteiger partial charge is 0.259 e. The van der Waals surface area contributed by atoms with Crippen molar-refractivity contribution in [1.29, 1.82) is 0 Å². The summed E-state index contributed by atoms with van der Waals surface area (Å²) in [6.07, 6.45) is 1.79. The van der Waals surface area contributed by atoms with Gasteiger partial charge in [0.15, 0.2) is 0 Å². The Kier molecular flexibility index (Phi) is 3.38. The van der Waals surface area contributed by atoms with Gasteiger partial charge in [-0.2, -0.15) is 0 Å². The number of nitrogens with zero attached hydrogens (tertiary/aromatic N) is 1. The molecule has 0 bridgehead atoms. The first-order valence-corrected chi connectivity index (χ1v) is 5.87. The fourth-order valence-electron chi connectivity index (χ4n) is 1.94. The van der Waals surface area contributed by atoms with E-state index >= 15 is 0 Å². The molecule has 1 N–H and O–H groups in total. The van der Waals surface area contributed by atoms with E-state index in [1.54, 1.807) is 0 Å². The number of rotatable bonds is 3. The Morgan fingerprint density at radius 3 is 2.53 bits per heavy atom. The molecule has 0 saturated carbocycles. The fraction of sp³-hybridized carbons (Fsp3) is 0.286. The van der Waals surface area contributed by atoms with Crippen LogP contribution in [0.3, 0.4) is 0 Å². The van der Waals surface area contributed by atoms with Gasteiger partial charge in [0.1, 0.15) is 5.82 Å². The summed E-state index contributed by atoms with van der Waals surface area (Å²) in [6, 6.07) is 9.64. The minimum absolute atomic E-state index is 0.0489. The minimum Gasteiger partial charge on any atom is -0.310 e. The average molecular weight is 228 g/mol. The maximum absolute atomic E-state index is 12.0. The van der Waals surface area contributed by atoms with Crippen molar-refractivity contribution in [2.75, 3.05) is 0 Å². The summed E-state index contributed by atoms with van der Waals surface area (Å²) in [6.45, 7) is 3.96. The Balaban J connectivity index is 2.53. The molecule has 0 amide bonds. The normalized spacial score (nSPS) is 10.5. The summed E-state index contributed by atoms with van der Waals surface area (Å²) < 4.78 is 0. The van der Waals surface area contributed by atoms with Crippen LogP contribution in [0, 0.1) is 6.92 Å². The highest BCUT2D eigenvalue weighted by Crippen LogP contribution is 2.17. The van der Waals surface area contributed by atoms with Gasteiger partial charge in [0.2, 0.25) is 0 Å². The summed E-state index contributed by atoms with van der Waals surface area (Å²) in [5, 5.41) is 0. The van der Waals surface area contributed by atoms with Gasteiger partial charge in [0.05, 0.1) is 11.3 Å². The number of hydrogen-bond donors (Lipinski definition) is 1. The van der Waals surface area contributed by atoms with E-state index in [2.05, 4.69) is 16.9 Å². The number of hydrogen-bond acceptors (Lipinski definition) is 2. The molecule has 0 radical (unpaired) electrons. The molecule has 3 heteroatoms. The monoisotopic (exact) mass is 228 g/mol. The second-order valence-electron chi connectivity index (χ2n) is 4.09. The van der Waals surface area contributed by atoms with Crippen LogP contribution in [0.15, 0.2) is 35.1 Å². The quantitative estimate of drug-likeness (QED) is 0.877. The summed E-state index contributed by atoms with van der Waals surface area (Å²) in [4.78, 5) is 19.3. The predicted octanol–water partition coefficient (Wildman–Crippen LogP) is 2.70. The first kappa shape index (κ1) is 11.6. The third-order valence-electron chi connectivity index (χ3n) is 2.70. The Morgan fingerprint density at radius 2 is 1.94 bits per heavy atom. The number of nitrogens with one attached hydrogen (secondary N) is 1. The fourth-order valence-corrected chi connectivity index (χ4v) is 1.94. The third kappa shape index (κ3) is 2.44. The molecule has 2 rings (SSSR count). The Morgan fingerprint density at radius 1 is 1.24 bits per heavy atom.